The van der Waals surface area contributed by atoms with E-state index in [2.05, 4.69) is 0 Å². The molecule has 27 heavy (non-hydrogen) atoms. The van der Waals surface area contributed by atoms with Gasteiger partial charge >= 0.3 is 0 Å². The summed E-state index contributed by atoms with van der Waals surface area (Å²) in [5.74, 6) is 1.32. The van der Waals surface area contributed by atoms with E-state index in [1.807, 2.05) is 31.2 Å². The lowest BCUT2D eigenvalue weighted by molar-refractivity contribution is -0.0341. The molecule has 2 unspecified atom stereocenters. The number of benzene rings is 1. The van der Waals surface area contributed by atoms with Crippen molar-refractivity contribution in [2.75, 3.05) is 6.79 Å². The van der Waals surface area contributed by atoms with E-state index in [0.717, 1.165) is 23.3 Å². The minimum absolute atomic E-state index is 0.188. The van der Waals surface area contributed by atoms with Gasteiger partial charge in [-0.1, -0.05) is 6.07 Å². The van der Waals surface area contributed by atoms with Gasteiger partial charge in [0.15, 0.2) is 11.5 Å². The summed E-state index contributed by atoms with van der Waals surface area (Å²) in [6.07, 6.45) is 2.35. The summed E-state index contributed by atoms with van der Waals surface area (Å²) in [4.78, 5) is 0.981. The molecule has 2 atom stereocenters. The number of thiophene rings is 1. The van der Waals surface area contributed by atoms with Crippen LogP contribution in [0.5, 0.6) is 11.5 Å². The van der Waals surface area contributed by atoms with E-state index >= 15 is 0 Å². The maximum Gasteiger partial charge on any atom is 0.253 e. The van der Waals surface area contributed by atoms with Gasteiger partial charge in [0.25, 0.3) is 10.0 Å². The molecule has 3 aliphatic rings. The normalized spacial score (nSPS) is 30.0. The molecule has 144 valence electrons. The molecule has 1 aromatic heterocycles. The smallest absolute Gasteiger partial charge is 0.253 e. The molecule has 2 saturated heterocycles. The second kappa shape index (κ2) is 5.94. The van der Waals surface area contributed by atoms with Gasteiger partial charge in [0.05, 0.1) is 5.60 Å². The fraction of sp³-hybridized carbons (Fsp3) is 0.474. The number of hydrogen-bond donors (Lipinski definition) is 1. The van der Waals surface area contributed by atoms with Crippen LogP contribution in [0.4, 0.5) is 0 Å². The molecule has 6 nitrogen and oxygen atoms in total. The first kappa shape index (κ1) is 17.5. The SMILES string of the molecule is Cc1ccc(S(=O)(=O)N2C3CCC2CC(O)(c2ccc4c(c2)OCO4)C3)s1. The third-order valence-electron chi connectivity index (χ3n) is 5.86. The molecule has 8 heteroatoms. The second-order valence-electron chi connectivity index (χ2n) is 7.59. The number of aliphatic hydroxyl groups is 1. The van der Waals surface area contributed by atoms with E-state index in [1.54, 1.807) is 10.4 Å². The zero-order chi connectivity index (χ0) is 18.8. The van der Waals surface area contributed by atoms with Crippen molar-refractivity contribution in [1.29, 1.82) is 0 Å². The van der Waals surface area contributed by atoms with Crippen molar-refractivity contribution < 1.29 is 23.0 Å². The Morgan fingerprint density at radius 2 is 1.81 bits per heavy atom. The Bertz CT molecular complexity index is 985. The number of sulfonamides is 1. The molecule has 0 spiro atoms. The van der Waals surface area contributed by atoms with Crippen LogP contribution < -0.4 is 9.47 Å². The highest BCUT2D eigenvalue weighted by atomic mass is 32.2. The highest BCUT2D eigenvalue weighted by Gasteiger charge is 2.53. The third kappa shape index (κ3) is 2.69. The van der Waals surface area contributed by atoms with E-state index in [9.17, 15) is 13.5 Å². The monoisotopic (exact) mass is 407 g/mol. The number of piperidine rings is 1. The molecule has 1 aromatic carbocycles. The Morgan fingerprint density at radius 1 is 1.11 bits per heavy atom. The van der Waals surface area contributed by atoms with Gasteiger partial charge in [0.1, 0.15) is 4.21 Å². The maximum atomic E-state index is 13.2. The van der Waals surface area contributed by atoms with Gasteiger partial charge < -0.3 is 14.6 Å². The van der Waals surface area contributed by atoms with Crippen molar-refractivity contribution in [1.82, 2.24) is 4.31 Å². The molecular weight excluding hydrogens is 386 g/mol. The van der Waals surface area contributed by atoms with Crippen LogP contribution in [0.1, 0.15) is 36.1 Å². The predicted molar refractivity (Wildman–Crippen MR) is 101 cm³/mol. The molecule has 4 heterocycles. The third-order valence-corrected chi connectivity index (χ3v) is 9.33. The molecule has 0 aliphatic carbocycles. The number of aryl methyl sites for hydroxylation is 1. The number of hydrogen-bond acceptors (Lipinski definition) is 6. The quantitative estimate of drug-likeness (QED) is 0.847. The van der Waals surface area contributed by atoms with Gasteiger partial charge in [-0.2, -0.15) is 4.31 Å². The van der Waals surface area contributed by atoms with Gasteiger partial charge in [-0.25, -0.2) is 8.42 Å². The largest absolute Gasteiger partial charge is 0.454 e. The van der Waals surface area contributed by atoms with E-state index in [4.69, 9.17) is 9.47 Å². The summed E-state index contributed by atoms with van der Waals surface area (Å²) in [7, 11) is -3.52. The van der Waals surface area contributed by atoms with Crippen molar-refractivity contribution in [3.8, 4) is 11.5 Å². The van der Waals surface area contributed by atoms with Gasteiger partial charge in [-0.15, -0.1) is 11.3 Å². The average molecular weight is 408 g/mol. The molecule has 5 rings (SSSR count). The van der Waals surface area contributed by atoms with E-state index in [1.165, 1.54) is 11.3 Å². The van der Waals surface area contributed by atoms with Crippen LogP contribution in [0.3, 0.4) is 0 Å². The minimum Gasteiger partial charge on any atom is -0.454 e. The Labute approximate surface area is 162 Å². The Balaban J connectivity index is 1.46. The van der Waals surface area contributed by atoms with Crippen LogP contribution in [-0.4, -0.2) is 36.7 Å². The van der Waals surface area contributed by atoms with Crippen LogP contribution in [0.25, 0.3) is 0 Å². The summed E-state index contributed by atoms with van der Waals surface area (Å²) < 4.78 is 39.2. The summed E-state index contributed by atoms with van der Waals surface area (Å²) >= 11 is 1.31. The summed E-state index contributed by atoms with van der Waals surface area (Å²) in [6, 6.07) is 8.65. The summed E-state index contributed by atoms with van der Waals surface area (Å²) in [5, 5.41) is 11.4. The Hall–Kier alpha value is -1.61. The van der Waals surface area contributed by atoms with Gasteiger partial charge in [0, 0.05) is 17.0 Å². The van der Waals surface area contributed by atoms with Gasteiger partial charge in [-0.05, 0) is 62.4 Å². The number of fused-ring (bicyclic) bond motifs is 3. The Kier molecular flexibility index (Phi) is 3.85. The van der Waals surface area contributed by atoms with Crippen molar-refractivity contribution in [2.45, 2.75) is 54.5 Å². The molecule has 0 radical (unpaired) electrons. The standard InChI is InChI=1S/C19H21NO5S2/c1-12-2-7-18(26-12)27(22,23)20-14-4-5-15(20)10-19(21,9-14)13-3-6-16-17(8-13)25-11-24-16/h2-3,6-8,14-15,21H,4-5,9-11H2,1H3. The van der Waals surface area contributed by atoms with Gasteiger partial charge in [-0.3, -0.25) is 0 Å². The van der Waals surface area contributed by atoms with Crippen LogP contribution >= 0.6 is 11.3 Å². The van der Waals surface area contributed by atoms with Crippen LogP contribution in [-0.2, 0) is 15.6 Å². The first-order chi connectivity index (χ1) is 12.9. The highest BCUT2D eigenvalue weighted by molar-refractivity contribution is 7.91. The molecule has 0 amide bonds. The highest BCUT2D eigenvalue weighted by Crippen LogP contribution is 2.49. The zero-order valence-corrected chi connectivity index (χ0v) is 16.6. The summed E-state index contributed by atoms with van der Waals surface area (Å²) in [6.45, 7) is 2.10. The topological polar surface area (TPSA) is 76.1 Å². The van der Waals surface area contributed by atoms with Crippen LogP contribution in [0.15, 0.2) is 34.5 Å². The zero-order valence-electron chi connectivity index (χ0n) is 14.9. The Morgan fingerprint density at radius 3 is 2.48 bits per heavy atom. The van der Waals surface area contributed by atoms with E-state index in [0.29, 0.717) is 28.5 Å². The fourth-order valence-electron chi connectivity index (χ4n) is 4.65. The molecule has 2 fully saturated rings. The molecule has 2 bridgehead atoms. The summed E-state index contributed by atoms with van der Waals surface area (Å²) in [5.41, 5.74) is -0.280. The molecule has 2 aromatic rings. The molecular formula is C19H21NO5S2. The van der Waals surface area contributed by atoms with Crippen LogP contribution in [0, 0.1) is 6.92 Å². The van der Waals surface area contributed by atoms with Gasteiger partial charge in [0.2, 0.25) is 6.79 Å². The second-order valence-corrected chi connectivity index (χ2v) is 11.0. The average Bonchev–Trinajstić information content (AvgIpc) is 3.33. The number of nitrogens with zero attached hydrogens (tertiary/aromatic N) is 1. The first-order valence-electron chi connectivity index (χ1n) is 9.09. The fourth-order valence-corrected chi connectivity index (χ4v) is 7.91. The molecule has 0 saturated carbocycles. The molecule has 1 N–H and O–H groups in total. The minimum atomic E-state index is -3.52. The van der Waals surface area contributed by atoms with Crippen LogP contribution in [0.2, 0.25) is 0 Å². The lowest BCUT2D eigenvalue weighted by atomic mass is 9.81. The maximum absolute atomic E-state index is 13.2. The van der Waals surface area contributed by atoms with E-state index in [-0.39, 0.29) is 18.9 Å². The number of ether oxygens (including phenoxy) is 2. The van der Waals surface area contributed by atoms with E-state index < -0.39 is 15.6 Å². The predicted octanol–water partition coefficient (Wildman–Crippen LogP) is 2.99. The first-order valence-corrected chi connectivity index (χ1v) is 11.3. The van der Waals surface area contributed by atoms with Crippen molar-refractivity contribution in [3.63, 3.8) is 0 Å². The van der Waals surface area contributed by atoms with Crippen molar-refractivity contribution in [3.05, 3.63) is 40.8 Å². The van der Waals surface area contributed by atoms with Crippen molar-refractivity contribution in [2.24, 2.45) is 0 Å². The molecule has 3 aliphatic heterocycles. The van der Waals surface area contributed by atoms with Crippen molar-refractivity contribution >= 4 is 21.4 Å². The lowest BCUT2D eigenvalue weighted by Gasteiger charge is -2.43. The number of rotatable bonds is 3. The lowest BCUT2D eigenvalue weighted by Crippen LogP contribution is -2.51.